The summed E-state index contributed by atoms with van der Waals surface area (Å²) in [5.41, 5.74) is 9.16. The average molecular weight is 595 g/mol. The first-order valence-corrected chi connectivity index (χ1v) is 15.2. The molecule has 0 spiro atoms. The van der Waals surface area contributed by atoms with E-state index in [9.17, 15) is 4.39 Å². The number of aromatic nitrogens is 4. The molecule has 3 aromatic heterocycles. The molecular weight excluding hydrogens is 559 g/mol. The predicted molar refractivity (Wildman–Crippen MR) is 181 cm³/mol. The molecular formula is C39H35FN4O. The third-order valence-electron chi connectivity index (χ3n) is 8.42. The maximum Gasteiger partial charge on any atom is 0.137 e. The SMILES string of the molecule is Cc1ccnc(-n2c3ccc(F)cc3c3ccc(Oc4cc(-n5nc(C)c(-c6ccccc6)c5C)cc(C(C)(C)C)c4)cc32)c1. The first-order valence-electron chi connectivity index (χ1n) is 15.2. The van der Waals surface area contributed by atoms with Crippen LogP contribution in [0.25, 0.3) is 44.4 Å². The van der Waals surface area contributed by atoms with Crippen molar-refractivity contribution in [1.82, 2.24) is 19.3 Å². The topological polar surface area (TPSA) is 44.9 Å². The summed E-state index contributed by atoms with van der Waals surface area (Å²) in [6, 6.07) is 31.6. The van der Waals surface area contributed by atoms with E-state index in [2.05, 4.69) is 80.6 Å². The van der Waals surface area contributed by atoms with Crippen LogP contribution < -0.4 is 4.74 Å². The molecule has 5 nitrogen and oxygen atoms in total. The quantitative estimate of drug-likeness (QED) is 0.199. The molecule has 0 amide bonds. The van der Waals surface area contributed by atoms with E-state index in [1.165, 1.54) is 6.07 Å². The van der Waals surface area contributed by atoms with Crippen LogP contribution in [0.1, 0.15) is 43.3 Å². The van der Waals surface area contributed by atoms with E-state index in [1.807, 2.05) is 60.1 Å². The van der Waals surface area contributed by atoms with Crippen molar-refractivity contribution < 1.29 is 9.13 Å². The van der Waals surface area contributed by atoms with Gasteiger partial charge in [0.1, 0.15) is 23.1 Å². The van der Waals surface area contributed by atoms with E-state index >= 15 is 0 Å². The molecule has 6 heteroatoms. The number of pyridine rings is 1. The summed E-state index contributed by atoms with van der Waals surface area (Å²) in [5, 5.41) is 6.73. The lowest BCUT2D eigenvalue weighted by molar-refractivity contribution is 0.478. The Balaban J connectivity index is 1.36. The van der Waals surface area contributed by atoms with Crippen LogP contribution in [0.3, 0.4) is 0 Å². The van der Waals surface area contributed by atoms with Crippen LogP contribution in [-0.4, -0.2) is 19.3 Å². The largest absolute Gasteiger partial charge is 0.457 e. The second-order valence-electron chi connectivity index (χ2n) is 12.8. The van der Waals surface area contributed by atoms with E-state index in [-0.39, 0.29) is 11.2 Å². The van der Waals surface area contributed by atoms with E-state index < -0.39 is 0 Å². The van der Waals surface area contributed by atoms with Gasteiger partial charge in [-0.25, -0.2) is 14.1 Å². The first kappa shape index (κ1) is 28.5. The molecule has 7 aromatic rings. The Morgan fingerprint density at radius 3 is 2.29 bits per heavy atom. The fourth-order valence-corrected chi connectivity index (χ4v) is 6.18. The van der Waals surface area contributed by atoms with Crippen LogP contribution in [0.15, 0.2) is 103 Å². The summed E-state index contributed by atoms with van der Waals surface area (Å²) in [5.74, 6) is 1.89. The van der Waals surface area contributed by atoms with Crippen molar-refractivity contribution >= 4 is 21.8 Å². The van der Waals surface area contributed by atoms with E-state index in [4.69, 9.17) is 9.84 Å². The Hall–Kier alpha value is -5.23. The van der Waals surface area contributed by atoms with Gasteiger partial charge in [-0.1, -0.05) is 51.1 Å². The van der Waals surface area contributed by atoms with Crippen LogP contribution >= 0.6 is 0 Å². The van der Waals surface area contributed by atoms with Crippen molar-refractivity contribution in [2.45, 2.75) is 47.0 Å². The van der Waals surface area contributed by atoms with Gasteiger partial charge in [0.15, 0.2) is 0 Å². The van der Waals surface area contributed by atoms with Gasteiger partial charge in [-0.05, 0) is 97.5 Å². The third-order valence-corrected chi connectivity index (χ3v) is 8.42. The van der Waals surface area contributed by atoms with Gasteiger partial charge in [-0.3, -0.25) is 4.57 Å². The average Bonchev–Trinajstić information content (AvgIpc) is 3.49. The van der Waals surface area contributed by atoms with Crippen LogP contribution in [0, 0.1) is 26.6 Å². The maximum absolute atomic E-state index is 14.4. The normalized spacial score (nSPS) is 11.9. The van der Waals surface area contributed by atoms with E-state index in [0.29, 0.717) is 11.5 Å². The standard InChI is InChI=1S/C39H35FN4O/c1-24-16-17-41-37(18-24)43-35-15-12-29(40)21-34(35)33-14-13-31(23-36(33)43)45-32-20-28(39(4,5)6)19-30(22-32)44-26(3)38(25(2)42-44)27-10-8-7-9-11-27/h7-23H,1-6H3. The highest BCUT2D eigenvalue weighted by Gasteiger charge is 2.21. The summed E-state index contributed by atoms with van der Waals surface area (Å²) in [6.45, 7) is 12.8. The minimum atomic E-state index is -0.273. The number of halogens is 1. The highest BCUT2D eigenvalue weighted by molar-refractivity contribution is 6.09. The summed E-state index contributed by atoms with van der Waals surface area (Å²) < 4.78 is 25.1. The third kappa shape index (κ3) is 5.16. The molecule has 0 saturated heterocycles. The summed E-state index contributed by atoms with van der Waals surface area (Å²) in [6.07, 6.45) is 1.80. The second kappa shape index (κ2) is 10.7. The van der Waals surface area contributed by atoms with Gasteiger partial charge < -0.3 is 4.74 Å². The fraction of sp³-hybridized carbons (Fsp3) is 0.179. The van der Waals surface area contributed by atoms with Crippen LogP contribution in [0.4, 0.5) is 4.39 Å². The molecule has 224 valence electrons. The molecule has 0 aliphatic heterocycles. The molecule has 0 unspecified atom stereocenters. The Labute approximate surface area is 262 Å². The van der Waals surface area contributed by atoms with Crippen molar-refractivity contribution in [2.75, 3.05) is 0 Å². The fourth-order valence-electron chi connectivity index (χ4n) is 6.18. The summed E-state index contributed by atoms with van der Waals surface area (Å²) in [7, 11) is 0. The highest BCUT2D eigenvalue weighted by Crippen LogP contribution is 2.38. The minimum absolute atomic E-state index is 0.121. The number of aryl methyl sites for hydroxylation is 2. The van der Waals surface area contributed by atoms with Crippen molar-refractivity contribution in [3.8, 4) is 34.1 Å². The maximum atomic E-state index is 14.4. The van der Waals surface area contributed by atoms with Crippen molar-refractivity contribution in [3.63, 3.8) is 0 Å². The predicted octanol–water partition coefficient (Wildman–Crippen LogP) is 10.2. The number of hydrogen-bond donors (Lipinski definition) is 0. The molecule has 0 bridgehead atoms. The first-order chi connectivity index (χ1) is 21.6. The van der Waals surface area contributed by atoms with Crippen molar-refractivity contribution in [1.29, 1.82) is 0 Å². The zero-order valence-electron chi connectivity index (χ0n) is 26.4. The number of fused-ring (bicyclic) bond motifs is 3. The second-order valence-corrected chi connectivity index (χ2v) is 12.8. The Morgan fingerprint density at radius 2 is 1.53 bits per heavy atom. The number of benzene rings is 4. The Bertz CT molecular complexity index is 2220. The number of nitrogens with zero attached hydrogens (tertiary/aromatic N) is 4. The van der Waals surface area contributed by atoms with E-state index in [1.54, 1.807) is 12.3 Å². The lowest BCUT2D eigenvalue weighted by Crippen LogP contribution is -2.12. The Morgan fingerprint density at radius 1 is 0.733 bits per heavy atom. The lowest BCUT2D eigenvalue weighted by Gasteiger charge is -2.22. The monoisotopic (exact) mass is 594 g/mol. The van der Waals surface area contributed by atoms with Gasteiger partial charge in [-0.2, -0.15) is 5.10 Å². The molecule has 0 aliphatic rings. The van der Waals surface area contributed by atoms with Crippen LogP contribution in [0.2, 0.25) is 0 Å². The Kier molecular flexibility index (Phi) is 6.81. The lowest BCUT2D eigenvalue weighted by atomic mass is 9.86. The molecule has 0 N–H and O–H groups in total. The molecule has 3 heterocycles. The smallest absolute Gasteiger partial charge is 0.137 e. The molecule has 4 aromatic carbocycles. The summed E-state index contributed by atoms with van der Waals surface area (Å²) >= 11 is 0. The molecule has 45 heavy (non-hydrogen) atoms. The zero-order valence-corrected chi connectivity index (χ0v) is 26.4. The molecule has 0 saturated carbocycles. The molecule has 7 rings (SSSR count). The molecule has 0 fully saturated rings. The van der Waals surface area contributed by atoms with Gasteiger partial charge in [0.2, 0.25) is 0 Å². The highest BCUT2D eigenvalue weighted by atomic mass is 19.1. The van der Waals surface area contributed by atoms with Gasteiger partial charge in [0, 0.05) is 40.4 Å². The zero-order chi connectivity index (χ0) is 31.5. The number of hydrogen-bond acceptors (Lipinski definition) is 3. The van der Waals surface area contributed by atoms with Gasteiger partial charge in [-0.15, -0.1) is 0 Å². The molecule has 0 atom stereocenters. The van der Waals surface area contributed by atoms with Gasteiger partial charge in [0.05, 0.1) is 22.4 Å². The molecule has 0 radical (unpaired) electrons. The van der Waals surface area contributed by atoms with Crippen LogP contribution in [0.5, 0.6) is 11.5 Å². The molecule has 0 aliphatic carbocycles. The number of rotatable bonds is 5. The number of ether oxygens (including phenoxy) is 1. The van der Waals surface area contributed by atoms with Crippen molar-refractivity contribution in [3.05, 3.63) is 132 Å². The van der Waals surface area contributed by atoms with Gasteiger partial charge in [0.25, 0.3) is 0 Å². The van der Waals surface area contributed by atoms with E-state index in [0.717, 1.165) is 67.0 Å². The summed E-state index contributed by atoms with van der Waals surface area (Å²) in [4.78, 5) is 4.66. The minimum Gasteiger partial charge on any atom is -0.457 e. The van der Waals surface area contributed by atoms with Gasteiger partial charge >= 0.3 is 0 Å². The van der Waals surface area contributed by atoms with Crippen molar-refractivity contribution in [2.24, 2.45) is 0 Å². The van der Waals surface area contributed by atoms with Crippen LogP contribution in [-0.2, 0) is 5.41 Å².